The topological polar surface area (TPSA) is 93.1 Å². The second-order valence-electron chi connectivity index (χ2n) is 7.17. The lowest BCUT2D eigenvalue weighted by molar-refractivity contribution is -0.125. The number of amides is 2. The van der Waals surface area contributed by atoms with Crippen LogP contribution in [0.3, 0.4) is 0 Å². The predicted octanol–water partition coefficient (Wildman–Crippen LogP) is 4.24. The second kappa shape index (κ2) is 7.76. The van der Waals surface area contributed by atoms with Gasteiger partial charge in [0, 0.05) is 27.4 Å². The summed E-state index contributed by atoms with van der Waals surface area (Å²) in [6.45, 7) is 3.30. The number of halogens is 1. The number of hydrogen-bond acceptors (Lipinski definition) is 4. The van der Waals surface area contributed by atoms with Gasteiger partial charge in [-0.05, 0) is 38.1 Å². The fourth-order valence-electron chi connectivity index (χ4n) is 3.49. The average molecular weight is 423 g/mol. The minimum atomic E-state index is -0.818. The first-order valence-electron chi connectivity index (χ1n) is 9.40. The Morgan fingerprint density at radius 3 is 2.70 bits per heavy atom. The van der Waals surface area contributed by atoms with Crippen LogP contribution in [0.2, 0.25) is 5.02 Å². The summed E-state index contributed by atoms with van der Waals surface area (Å²) in [6.07, 6.45) is -0.0403. The van der Waals surface area contributed by atoms with Crippen LogP contribution < -0.4 is 10.6 Å². The Labute approximate surface area is 178 Å². The van der Waals surface area contributed by atoms with Crippen LogP contribution in [-0.2, 0) is 9.59 Å². The molecule has 2 aromatic carbocycles. The van der Waals surface area contributed by atoms with E-state index in [1.807, 2.05) is 19.1 Å². The number of nitrogens with zero attached hydrogens (tertiary/aromatic N) is 2. The van der Waals surface area contributed by atoms with Crippen molar-refractivity contribution in [1.29, 1.82) is 0 Å². The molecule has 30 heavy (non-hydrogen) atoms. The highest BCUT2D eigenvalue weighted by Crippen LogP contribution is 2.35. The molecule has 0 spiro atoms. The summed E-state index contributed by atoms with van der Waals surface area (Å²) in [6, 6.07) is 13.1. The number of rotatable bonds is 4. The van der Waals surface area contributed by atoms with Crippen LogP contribution in [0, 0.1) is 6.92 Å². The number of benzene rings is 2. The number of anilines is 2. The Balaban J connectivity index is 1.69. The summed E-state index contributed by atoms with van der Waals surface area (Å²) in [5.74, 6) is -0.258. The molecule has 0 saturated carbocycles. The van der Waals surface area contributed by atoms with Crippen LogP contribution in [0.5, 0.6) is 0 Å². The van der Waals surface area contributed by atoms with Gasteiger partial charge in [-0.15, -0.1) is 0 Å². The molecule has 1 aromatic heterocycles. The van der Waals surface area contributed by atoms with Gasteiger partial charge >= 0.3 is 0 Å². The number of fused-ring (bicyclic) bond motifs is 1. The van der Waals surface area contributed by atoms with E-state index in [9.17, 15) is 14.4 Å². The molecule has 4 rings (SSSR count). The Bertz CT molecular complexity index is 1180. The van der Waals surface area contributed by atoms with Crippen LogP contribution in [0.1, 0.15) is 35.3 Å². The van der Waals surface area contributed by atoms with E-state index in [0.29, 0.717) is 27.8 Å². The molecule has 7 nitrogen and oxygen atoms in total. The van der Waals surface area contributed by atoms with Crippen molar-refractivity contribution in [2.24, 2.45) is 0 Å². The number of carbonyl (C=O) groups is 3. The van der Waals surface area contributed by atoms with E-state index in [0.717, 1.165) is 11.1 Å². The molecule has 0 aliphatic carbocycles. The van der Waals surface area contributed by atoms with Gasteiger partial charge in [0.1, 0.15) is 11.9 Å². The Kier molecular flexibility index (Phi) is 5.13. The summed E-state index contributed by atoms with van der Waals surface area (Å²) in [5, 5.41) is 10.8. The molecular weight excluding hydrogens is 404 g/mol. The lowest BCUT2D eigenvalue weighted by Gasteiger charge is -2.24. The summed E-state index contributed by atoms with van der Waals surface area (Å²) in [7, 11) is 0. The zero-order valence-electron chi connectivity index (χ0n) is 16.4. The third-order valence-electron chi connectivity index (χ3n) is 5.02. The maximum Gasteiger partial charge on any atom is 0.249 e. The summed E-state index contributed by atoms with van der Waals surface area (Å²) in [4.78, 5) is 36.9. The minimum absolute atomic E-state index is 0.0403. The second-order valence-corrected chi connectivity index (χ2v) is 7.61. The molecule has 2 N–H and O–H groups in total. The molecule has 1 atom stereocenters. The van der Waals surface area contributed by atoms with Crippen molar-refractivity contribution in [1.82, 2.24) is 9.78 Å². The number of hydrogen-bond donors (Lipinski definition) is 2. The van der Waals surface area contributed by atoms with Crippen LogP contribution in [0.15, 0.2) is 48.5 Å². The van der Waals surface area contributed by atoms with Crippen LogP contribution in [0.25, 0.3) is 11.3 Å². The first kappa shape index (κ1) is 19.8. The van der Waals surface area contributed by atoms with Gasteiger partial charge < -0.3 is 10.6 Å². The summed E-state index contributed by atoms with van der Waals surface area (Å²) in [5.41, 5.74) is 3.17. The highest BCUT2D eigenvalue weighted by atomic mass is 35.5. The standard InChI is InChI=1S/C22H19ClN4O3/c1-12-20(15-6-3-7-16(23)9-15)26-27-18(11-19(29)25-21(12)27)22(30)24-17-8-4-5-14(10-17)13(2)28/h3-10,18H,11H2,1-2H3,(H,24,30)(H,25,29)/t18-/m0/s1. The number of Topliss-reactive ketones (excluding diaryl/α,β-unsaturated/α-hetero) is 1. The van der Waals surface area contributed by atoms with Crippen molar-refractivity contribution in [3.8, 4) is 11.3 Å². The molecule has 0 fully saturated rings. The largest absolute Gasteiger partial charge is 0.324 e. The Morgan fingerprint density at radius 2 is 1.97 bits per heavy atom. The molecule has 0 bridgehead atoms. The molecular formula is C22H19ClN4O3. The van der Waals surface area contributed by atoms with Gasteiger partial charge in [-0.1, -0.05) is 35.9 Å². The van der Waals surface area contributed by atoms with E-state index >= 15 is 0 Å². The predicted molar refractivity (Wildman–Crippen MR) is 115 cm³/mol. The quantitative estimate of drug-likeness (QED) is 0.615. The summed E-state index contributed by atoms with van der Waals surface area (Å²) >= 11 is 6.11. The highest BCUT2D eigenvalue weighted by molar-refractivity contribution is 6.30. The molecule has 3 aromatic rings. The fourth-order valence-corrected chi connectivity index (χ4v) is 3.68. The third kappa shape index (κ3) is 3.71. The molecule has 2 heterocycles. The first-order valence-corrected chi connectivity index (χ1v) is 9.78. The SMILES string of the molecule is CC(=O)c1cccc(NC(=O)[C@@H]2CC(=O)Nc3c(C)c(-c4cccc(Cl)c4)nn32)c1. The van der Waals surface area contributed by atoms with Gasteiger partial charge in [0.15, 0.2) is 5.78 Å². The molecule has 1 aliphatic heterocycles. The van der Waals surface area contributed by atoms with Crippen LogP contribution in [0.4, 0.5) is 11.5 Å². The maximum atomic E-state index is 13.0. The fraction of sp³-hybridized carbons (Fsp3) is 0.182. The molecule has 0 unspecified atom stereocenters. The number of ketones is 1. The van der Waals surface area contributed by atoms with E-state index in [1.165, 1.54) is 11.6 Å². The molecule has 2 amide bonds. The van der Waals surface area contributed by atoms with Crippen molar-refractivity contribution in [3.05, 3.63) is 64.7 Å². The van der Waals surface area contributed by atoms with Gasteiger partial charge in [-0.25, -0.2) is 4.68 Å². The average Bonchev–Trinajstić information content (AvgIpc) is 3.04. The summed E-state index contributed by atoms with van der Waals surface area (Å²) < 4.78 is 1.54. The zero-order valence-corrected chi connectivity index (χ0v) is 17.2. The highest BCUT2D eigenvalue weighted by Gasteiger charge is 2.34. The van der Waals surface area contributed by atoms with Crippen molar-refractivity contribution in [2.45, 2.75) is 26.3 Å². The molecule has 8 heteroatoms. The molecule has 1 aliphatic rings. The van der Waals surface area contributed by atoms with Gasteiger partial charge in [0.2, 0.25) is 11.8 Å². The van der Waals surface area contributed by atoms with E-state index in [1.54, 1.807) is 36.4 Å². The van der Waals surface area contributed by atoms with Gasteiger partial charge in [-0.3, -0.25) is 14.4 Å². The Hall–Kier alpha value is -3.45. The third-order valence-corrected chi connectivity index (χ3v) is 5.25. The lowest BCUT2D eigenvalue weighted by atomic mass is 10.1. The Morgan fingerprint density at radius 1 is 1.20 bits per heavy atom. The maximum absolute atomic E-state index is 13.0. The van der Waals surface area contributed by atoms with E-state index < -0.39 is 6.04 Å². The number of carbonyl (C=O) groups excluding carboxylic acids is 3. The van der Waals surface area contributed by atoms with Crippen LogP contribution in [-0.4, -0.2) is 27.4 Å². The minimum Gasteiger partial charge on any atom is -0.324 e. The van der Waals surface area contributed by atoms with Crippen LogP contribution >= 0.6 is 11.6 Å². The normalized spacial score (nSPS) is 15.3. The van der Waals surface area contributed by atoms with Crippen molar-refractivity contribution < 1.29 is 14.4 Å². The molecule has 0 saturated heterocycles. The van der Waals surface area contributed by atoms with Crippen molar-refractivity contribution in [2.75, 3.05) is 10.6 Å². The number of aromatic nitrogens is 2. The molecule has 152 valence electrons. The van der Waals surface area contributed by atoms with Gasteiger partial charge in [0.05, 0.1) is 12.1 Å². The van der Waals surface area contributed by atoms with Gasteiger partial charge in [0.25, 0.3) is 0 Å². The first-order chi connectivity index (χ1) is 14.3. The van der Waals surface area contributed by atoms with Crippen molar-refractivity contribution >= 4 is 40.7 Å². The van der Waals surface area contributed by atoms with Gasteiger partial charge in [-0.2, -0.15) is 5.10 Å². The zero-order chi connectivity index (χ0) is 21.4. The lowest BCUT2D eigenvalue weighted by Crippen LogP contribution is -2.36. The van der Waals surface area contributed by atoms with Crippen molar-refractivity contribution in [3.63, 3.8) is 0 Å². The molecule has 0 radical (unpaired) electrons. The monoisotopic (exact) mass is 422 g/mol. The van der Waals surface area contributed by atoms with E-state index in [-0.39, 0.29) is 24.0 Å². The number of nitrogens with one attached hydrogen (secondary N) is 2. The smallest absolute Gasteiger partial charge is 0.249 e. The van der Waals surface area contributed by atoms with E-state index in [4.69, 9.17) is 11.6 Å². The van der Waals surface area contributed by atoms with E-state index in [2.05, 4.69) is 15.7 Å².